The maximum atomic E-state index is 13.3. The van der Waals surface area contributed by atoms with E-state index in [0.717, 1.165) is 37.2 Å². The summed E-state index contributed by atoms with van der Waals surface area (Å²) < 4.78 is 18.7. The van der Waals surface area contributed by atoms with Gasteiger partial charge in [0, 0.05) is 31.0 Å². The molecule has 0 radical (unpaired) electrons. The highest BCUT2D eigenvalue weighted by molar-refractivity contribution is 5.52. The minimum atomic E-state index is -0.192. The average Bonchev–Trinajstić information content (AvgIpc) is 3.25. The van der Waals surface area contributed by atoms with Crippen LogP contribution in [-0.2, 0) is 6.54 Å². The summed E-state index contributed by atoms with van der Waals surface area (Å²) in [6.07, 6.45) is 4.39. The predicted octanol–water partition coefficient (Wildman–Crippen LogP) is 3.26. The number of halogens is 1. The summed E-state index contributed by atoms with van der Waals surface area (Å²) in [5, 5.41) is 4.07. The molecule has 1 fully saturated rings. The van der Waals surface area contributed by atoms with Gasteiger partial charge >= 0.3 is 0 Å². The summed E-state index contributed by atoms with van der Waals surface area (Å²) in [4.78, 5) is 10.8. The molecule has 1 atom stereocenters. The number of likely N-dealkylation sites (tertiary alicyclic amines) is 1. The van der Waals surface area contributed by atoms with Crippen molar-refractivity contribution >= 4 is 0 Å². The number of hydrogen-bond donors (Lipinski definition) is 0. The van der Waals surface area contributed by atoms with E-state index in [0.29, 0.717) is 11.7 Å². The van der Waals surface area contributed by atoms with Gasteiger partial charge in [-0.25, -0.2) is 4.39 Å². The average molecular weight is 324 g/mol. The van der Waals surface area contributed by atoms with Crippen LogP contribution in [-0.4, -0.2) is 33.1 Å². The first-order valence-corrected chi connectivity index (χ1v) is 7.99. The highest BCUT2D eigenvalue weighted by atomic mass is 19.1. The molecule has 1 aromatic carbocycles. The van der Waals surface area contributed by atoms with Crippen LogP contribution in [0.15, 0.2) is 53.3 Å². The van der Waals surface area contributed by atoms with Crippen molar-refractivity contribution in [1.82, 2.24) is 20.0 Å². The molecule has 4 rings (SSSR count). The zero-order chi connectivity index (χ0) is 16.4. The van der Waals surface area contributed by atoms with Crippen LogP contribution in [0.25, 0.3) is 11.4 Å². The molecule has 0 amide bonds. The topological polar surface area (TPSA) is 55.1 Å². The smallest absolute Gasteiger partial charge is 0.231 e. The lowest BCUT2D eigenvalue weighted by Crippen LogP contribution is -2.19. The monoisotopic (exact) mass is 324 g/mol. The Bertz CT molecular complexity index is 821. The highest BCUT2D eigenvalue weighted by Gasteiger charge is 2.28. The maximum absolute atomic E-state index is 13.3. The molecule has 24 heavy (non-hydrogen) atoms. The zero-order valence-electron chi connectivity index (χ0n) is 13.1. The first-order chi connectivity index (χ1) is 11.8. The molecule has 3 aromatic rings. The van der Waals surface area contributed by atoms with E-state index in [2.05, 4.69) is 20.0 Å². The number of benzene rings is 1. The van der Waals surface area contributed by atoms with Crippen LogP contribution in [0, 0.1) is 5.82 Å². The van der Waals surface area contributed by atoms with Crippen LogP contribution in [0.4, 0.5) is 4.39 Å². The van der Waals surface area contributed by atoms with Gasteiger partial charge in [-0.1, -0.05) is 17.3 Å². The zero-order valence-corrected chi connectivity index (χ0v) is 13.1. The molecule has 122 valence electrons. The van der Waals surface area contributed by atoms with Crippen LogP contribution in [0.1, 0.15) is 23.8 Å². The molecule has 3 heterocycles. The Labute approximate surface area is 139 Å². The van der Waals surface area contributed by atoms with Gasteiger partial charge in [-0.2, -0.15) is 4.98 Å². The molecule has 1 aliphatic rings. The SMILES string of the molecule is Fc1cccc(CN2CC[C@@H](c3nc(-c4ccncc4)no3)C2)c1. The van der Waals surface area contributed by atoms with Crippen molar-refractivity contribution in [1.29, 1.82) is 0 Å². The molecular formula is C18H17FN4O. The van der Waals surface area contributed by atoms with Crippen LogP contribution in [0.3, 0.4) is 0 Å². The summed E-state index contributed by atoms with van der Waals surface area (Å²) in [6, 6.07) is 10.5. The third kappa shape index (κ3) is 3.19. The van der Waals surface area contributed by atoms with Gasteiger partial charge < -0.3 is 4.52 Å². The Morgan fingerprint density at radius 3 is 2.92 bits per heavy atom. The summed E-state index contributed by atoms with van der Waals surface area (Å²) in [5.41, 5.74) is 1.88. The number of pyridine rings is 1. The largest absolute Gasteiger partial charge is 0.339 e. The van der Waals surface area contributed by atoms with Crippen molar-refractivity contribution in [3.05, 3.63) is 66.1 Å². The first kappa shape index (κ1) is 15.0. The van der Waals surface area contributed by atoms with Gasteiger partial charge in [-0.15, -0.1) is 0 Å². The van der Waals surface area contributed by atoms with Crippen molar-refractivity contribution in [3.8, 4) is 11.4 Å². The molecule has 1 aliphatic heterocycles. The van der Waals surface area contributed by atoms with Gasteiger partial charge in [0.05, 0.1) is 5.92 Å². The highest BCUT2D eigenvalue weighted by Crippen LogP contribution is 2.28. The minimum absolute atomic E-state index is 0.192. The van der Waals surface area contributed by atoms with Crippen molar-refractivity contribution < 1.29 is 8.91 Å². The predicted molar refractivity (Wildman–Crippen MR) is 86.6 cm³/mol. The molecule has 5 nitrogen and oxygen atoms in total. The van der Waals surface area contributed by atoms with E-state index in [9.17, 15) is 4.39 Å². The summed E-state index contributed by atoms with van der Waals surface area (Å²) in [7, 11) is 0. The first-order valence-electron chi connectivity index (χ1n) is 7.99. The van der Waals surface area contributed by atoms with Gasteiger partial charge in [-0.3, -0.25) is 9.88 Å². The van der Waals surface area contributed by atoms with Crippen LogP contribution < -0.4 is 0 Å². The molecule has 2 aromatic heterocycles. The Balaban J connectivity index is 1.43. The number of rotatable bonds is 4. The second-order valence-corrected chi connectivity index (χ2v) is 6.04. The Morgan fingerprint density at radius 2 is 2.08 bits per heavy atom. The lowest BCUT2D eigenvalue weighted by molar-refractivity contribution is 0.309. The molecule has 6 heteroatoms. The molecule has 0 bridgehead atoms. The van der Waals surface area contributed by atoms with Crippen molar-refractivity contribution in [2.45, 2.75) is 18.9 Å². The fourth-order valence-corrected chi connectivity index (χ4v) is 3.09. The molecular weight excluding hydrogens is 307 g/mol. The van der Waals surface area contributed by atoms with Crippen LogP contribution in [0.2, 0.25) is 0 Å². The Hall–Kier alpha value is -2.60. The third-order valence-corrected chi connectivity index (χ3v) is 4.30. The van der Waals surface area contributed by atoms with Crippen LogP contribution >= 0.6 is 0 Å². The van der Waals surface area contributed by atoms with Gasteiger partial charge in [0.25, 0.3) is 0 Å². The van der Waals surface area contributed by atoms with Gasteiger partial charge in [-0.05, 0) is 42.8 Å². The summed E-state index contributed by atoms with van der Waals surface area (Å²) in [5.74, 6) is 1.29. The minimum Gasteiger partial charge on any atom is -0.339 e. The molecule has 0 spiro atoms. The molecule has 0 N–H and O–H groups in total. The van der Waals surface area contributed by atoms with E-state index in [-0.39, 0.29) is 11.7 Å². The van der Waals surface area contributed by atoms with E-state index in [4.69, 9.17) is 4.52 Å². The second-order valence-electron chi connectivity index (χ2n) is 6.04. The molecule has 0 saturated carbocycles. The second kappa shape index (κ2) is 6.49. The fourth-order valence-electron chi connectivity index (χ4n) is 3.09. The van der Waals surface area contributed by atoms with Gasteiger partial charge in [0.1, 0.15) is 5.82 Å². The number of aromatic nitrogens is 3. The quantitative estimate of drug-likeness (QED) is 0.737. The normalized spacial score (nSPS) is 18.1. The summed E-state index contributed by atoms with van der Waals surface area (Å²) in [6.45, 7) is 2.52. The standard InChI is InChI=1S/C18H17FN4O/c19-16-3-1-2-13(10-16)11-23-9-6-15(12-23)18-21-17(22-24-18)14-4-7-20-8-5-14/h1-5,7-8,10,15H,6,9,11-12H2/t15-/m1/s1. The van der Waals surface area contributed by atoms with E-state index in [1.807, 2.05) is 18.2 Å². The van der Waals surface area contributed by atoms with E-state index < -0.39 is 0 Å². The molecule has 1 saturated heterocycles. The molecule has 0 unspecified atom stereocenters. The van der Waals surface area contributed by atoms with E-state index in [1.165, 1.54) is 6.07 Å². The van der Waals surface area contributed by atoms with Crippen molar-refractivity contribution in [2.24, 2.45) is 0 Å². The van der Waals surface area contributed by atoms with Gasteiger partial charge in [0.15, 0.2) is 0 Å². The lowest BCUT2D eigenvalue weighted by atomic mass is 10.1. The number of nitrogens with zero attached hydrogens (tertiary/aromatic N) is 4. The maximum Gasteiger partial charge on any atom is 0.231 e. The third-order valence-electron chi connectivity index (χ3n) is 4.30. The molecule has 0 aliphatic carbocycles. The number of hydrogen-bond acceptors (Lipinski definition) is 5. The lowest BCUT2D eigenvalue weighted by Gasteiger charge is -2.15. The van der Waals surface area contributed by atoms with Crippen molar-refractivity contribution in [2.75, 3.05) is 13.1 Å². The summed E-state index contributed by atoms with van der Waals surface area (Å²) >= 11 is 0. The Morgan fingerprint density at radius 1 is 1.21 bits per heavy atom. The van der Waals surface area contributed by atoms with Crippen molar-refractivity contribution in [3.63, 3.8) is 0 Å². The van der Waals surface area contributed by atoms with Crippen LogP contribution in [0.5, 0.6) is 0 Å². The van der Waals surface area contributed by atoms with E-state index in [1.54, 1.807) is 24.5 Å². The van der Waals surface area contributed by atoms with E-state index >= 15 is 0 Å². The van der Waals surface area contributed by atoms with Gasteiger partial charge in [0.2, 0.25) is 11.7 Å². The Kier molecular flexibility index (Phi) is 4.04. The fraction of sp³-hybridized carbons (Fsp3) is 0.278.